The summed E-state index contributed by atoms with van der Waals surface area (Å²) in [5, 5.41) is 12.2. The Hall–Kier alpha value is -0.660. The van der Waals surface area contributed by atoms with Crippen LogP contribution in [-0.2, 0) is 17.0 Å². The molecule has 20 heavy (non-hydrogen) atoms. The average Bonchev–Trinajstić information content (AvgIpc) is 3.05. The normalized spacial score (nSPS) is 25.2. The number of carboxylic acids is 1. The fourth-order valence-electron chi connectivity index (χ4n) is 2.42. The second-order valence-electron chi connectivity index (χ2n) is 5.01. The van der Waals surface area contributed by atoms with Gasteiger partial charge in [-0.05, 0) is 36.0 Å². The van der Waals surface area contributed by atoms with Crippen LogP contribution < -0.4 is 5.32 Å². The van der Waals surface area contributed by atoms with Gasteiger partial charge < -0.3 is 10.4 Å². The molecule has 0 spiro atoms. The van der Waals surface area contributed by atoms with Crippen molar-refractivity contribution in [3.8, 4) is 0 Å². The lowest BCUT2D eigenvalue weighted by atomic mass is 9.99. The van der Waals surface area contributed by atoms with E-state index in [0.717, 1.165) is 23.7 Å². The lowest BCUT2D eigenvalue weighted by Crippen LogP contribution is -2.54. The van der Waals surface area contributed by atoms with Gasteiger partial charge in [-0.15, -0.1) is 11.3 Å². The summed E-state index contributed by atoms with van der Waals surface area (Å²) in [6, 6.07) is 1.93. The van der Waals surface area contributed by atoms with E-state index in [1.807, 2.05) is 17.8 Å². The number of carbonyl (C=O) groups is 2. The fourth-order valence-corrected chi connectivity index (χ4v) is 6.02. The quantitative estimate of drug-likeness (QED) is 0.890. The third kappa shape index (κ3) is 2.58. The molecule has 1 fully saturated rings. The molecule has 2 aliphatic rings. The fraction of sp³-hybridized carbons (Fsp3) is 0.538. The molecule has 1 atom stereocenters. The Bertz CT molecular complexity index is 526. The predicted octanol–water partition coefficient (Wildman–Crippen LogP) is 2.23. The minimum Gasteiger partial charge on any atom is -0.479 e. The first kappa shape index (κ1) is 14.3. The van der Waals surface area contributed by atoms with Gasteiger partial charge in [0.15, 0.2) is 0 Å². The third-order valence-corrected chi connectivity index (χ3v) is 7.07. The van der Waals surface area contributed by atoms with Gasteiger partial charge in [-0.2, -0.15) is 23.5 Å². The Morgan fingerprint density at radius 3 is 2.80 bits per heavy atom. The lowest BCUT2D eigenvalue weighted by Gasteiger charge is -2.24. The maximum absolute atomic E-state index is 12.3. The van der Waals surface area contributed by atoms with Gasteiger partial charge in [0, 0.05) is 16.4 Å². The molecule has 3 heterocycles. The first-order valence-electron chi connectivity index (χ1n) is 6.44. The SMILES string of the molecule is O=C(NC1(C(=O)O)CCSC1)c1cc2c(s1)CCSC2. The Labute approximate surface area is 129 Å². The van der Waals surface area contributed by atoms with Crippen LogP contribution >= 0.6 is 34.9 Å². The minimum absolute atomic E-state index is 0.237. The number of nitrogens with one attached hydrogen (secondary N) is 1. The van der Waals surface area contributed by atoms with Crippen molar-refractivity contribution in [3.63, 3.8) is 0 Å². The summed E-state index contributed by atoms with van der Waals surface area (Å²) in [7, 11) is 0. The van der Waals surface area contributed by atoms with Crippen molar-refractivity contribution in [1.29, 1.82) is 0 Å². The van der Waals surface area contributed by atoms with Gasteiger partial charge in [0.05, 0.1) is 4.88 Å². The molecule has 1 amide bonds. The van der Waals surface area contributed by atoms with Crippen molar-refractivity contribution in [1.82, 2.24) is 5.32 Å². The highest BCUT2D eigenvalue weighted by Crippen LogP contribution is 2.33. The number of rotatable bonds is 3. The summed E-state index contributed by atoms with van der Waals surface area (Å²) >= 11 is 4.97. The summed E-state index contributed by atoms with van der Waals surface area (Å²) < 4.78 is 0. The Morgan fingerprint density at radius 2 is 2.15 bits per heavy atom. The van der Waals surface area contributed by atoms with E-state index in [9.17, 15) is 14.7 Å². The van der Waals surface area contributed by atoms with Crippen LogP contribution in [0.15, 0.2) is 6.07 Å². The van der Waals surface area contributed by atoms with Crippen LogP contribution in [0.25, 0.3) is 0 Å². The van der Waals surface area contributed by atoms with Crippen LogP contribution in [0.1, 0.15) is 26.5 Å². The maximum atomic E-state index is 12.3. The molecule has 0 radical (unpaired) electrons. The number of carbonyl (C=O) groups excluding carboxylic acids is 1. The molecule has 0 aromatic carbocycles. The number of thioether (sulfide) groups is 2. The number of amides is 1. The van der Waals surface area contributed by atoms with Crippen LogP contribution in [0.4, 0.5) is 0 Å². The highest BCUT2D eigenvalue weighted by Gasteiger charge is 2.43. The average molecular weight is 329 g/mol. The molecule has 3 rings (SSSR count). The molecular weight excluding hydrogens is 314 g/mol. The van der Waals surface area contributed by atoms with E-state index in [1.54, 1.807) is 11.8 Å². The van der Waals surface area contributed by atoms with Gasteiger partial charge in [0.1, 0.15) is 5.54 Å². The highest BCUT2D eigenvalue weighted by molar-refractivity contribution is 7.99. The van der Waals surface area contributed by atoms with E-state index in [4.69, 9.17) is 0 Å². The molecule has 4 nitrogen and oxygen atoms in total. The summed E-state index contributed by atoms with van der Waals surface area (Å²) in [5.41, 5.74) is 0.155. The molecule has 2 aliphatic heterocycles. The first-order chi connectivity index (χ1) is 9.61. The molecule has 1 aromatic heterocycles. The van der Waals surface area contributed by atoms with E-state index in [0.29, 0.717) is 17.1 Å². The standard InChI is InChI=1S/C13H15NO3S3/c15-11(14-13(12(16)17)2-4-19-7-13)10-5-8-6-18-3-1-9(8)20-10/h5H,1-4,6-7H2,(H,14,15)(H,16,17). The van der Waals surface area contributed by atoms with Crippen molar-refractivity contribution in [3.05, 3.63) is 21.4 Å². The van der Waals surface area contributed by atoms with Crippen LogP contribution in [0.3, 0.4) is 0 Å². The monoisotopic (exact) mass is 329 g/mol. The van der Waals surface area contributed by atoms with Gasteiger partial charge in [-0.1, -0.05) is 0 Å². The zero-order valence-electron chi connectivity index (χ0n) is 10.8. The van der Waals surface area contributed by atoms with Gasteiger partial charge in [-0.3, -0.25) is 4.79 Å². The number of carboxylic acid groups (broad SMARTS) is 1. The summed E-state index contributed by atoms with van der Waals surface area (Å²) in [6.07, 6.45) is 1.51. The molecule has 0 aliphatic carbocycles. The number of thiophene rings is 1. The lowest BCUT2D eigenvalue weighted by molar-refractivity contribution is -0.143. The molecule has 1 saturated heterocycles. The topological polar surface area (TPSA) is 66.4 Å². The maximum Gasteiger partial charge on any atom is 0.330 e. The second kappa shape index (κ2) is 5.61. The van der Waals surface area contributed by atoms with Crippen molar-refractivity contribution < 1.29 is 14.7 Å². The van der Waals surface area contributed by atoms with Crippen LogP contribution in [-0.4, -0.2) is 39.8 Å². The number of aliphatic carboxylic acids is 1. The van der Waals surface area contributed by atoms with Crippen LogP contribution in [0.2, 0.25) is 0 Å². The Morgan fingerprint density at radius 1 is 1.30 bits per heavy atom. The van der Waals surface area contributed by atoms with Crippen molar-refractivity contribution >= 4 is 46.7 Å². The molecule has 1 unspecified atom stereocenters. The van der Waals surface area contributed by atoms with E-state index in [1.165, 1.54) is 21.8 Å². The molecule has 7 heteroatoms. The number of hydrogen-bond donors (Lipinski definition) is 2. The molecular formula is C13H15NO3S3. The molecule has 0 bridgehead atoms. The van der Waals surface area contributed by atoms with Gasteiger partial charge in [0.25, 0.3) is 5.91 Å². The predicted molar refractivity (Wildman–Crippen MR) is 84.0 cm³/mol. The van der Waals surface area contributed by atoms with Gasteiger partial charge in [0.2, 0.25) is 0 Å². The third-order valence-electron chi connectivity index (χ3n) is 3.64. The molecule has 108 valence electrons. The van der Waals surface area contributed by atoms with E-state index in [2.05, 4.69) is 5.32 Å². The number of fused-ring (bicyclic) bond motifs is 1. The van der Waals surface area contributed by atoms with E-state index in [-0.39, 0.29) is 5.91 Å². The van der Waals surface area contributed by atoms with Gasteiger partial charge in [-0.25, -0.2) is 4.79 Å². The smallest absolute Gasteiger partial charge is 0.330 e. The second-order valence-corrected chi connectivity index (χ2v) is 8.35. The minimum atomic E-state index is -1.08. The Balaban J connectivity index is 1.78. The molecule has 2 N–H and O–H groups in total. The zero-order valence-corrected chi connectivity index (χ0v) is 13.3. The van der Waals surface area contributed by atoms with Gasteiger partial charge >= 0.3 is 5.97 Å². The zero-order chi connectivity index (χ0) is 14.2. The van der Waals surface area contributed by atoms with Crippen molar-refractivity contribution in [2.45, 2.75) is 24.1 Å². The van der Waals surface area contributed by atoms with E-state index >= 15 is 0 Å². The number of aryl methyl sites for hydroxylation is 1. The summed E-state index contributed by atoms with van der Waals surface area (Å²) in [5.74, 6) is 2.13. The highest BCUT2D eigenvalue weighted by atomic mass is 32.2. The van der Waals surface area contributed by atoms with E-state index < -0.39 is 11.5 Å². The van der Waals surface area contributed by atoms with Crippen LogP contribution in [0.5, 0.6) is 0 Å². The van der Waals surface area contributed by atoms with Crippen molar-refractivity contribution in [2.75, 3.05) is 17.3 Å². The Kier molecular flexibility index (Phi) is 4.01. The molecule has 1 aromatic rings. The number of hydrogen-bond acceptors (Lipinski definition) is 5. The van der Waals surface area contributed by atoms with Crippen LogP contribution in [0, 0.1) is 0 Å². The van der Waals surface area contributed by atoms with Crippen molar-refractivity contribution in [2.24, 2.45) is 0 Å². The largest absolute Gasteiger partial charge is 0.479 e. The summed E-state index contributed by atoms with van der Waals surface area (Å²) in [4.78, 5) is 25.7. The summed E-state index contributed by atoms with van der Waals surface area (Å²) in [6.45, 7) is 0. The first-order valence-corrected chi connectivity index (χ1v) is 9.56. The molecule has 0 saturated carbocycles.